The van der Waals surface area contributed by atoms with Crippen LogP contribution < -0.4 is 14.8 Å². The Morgan fingerprint density at radius 1 is 1.07 bits per heavy atom. The smallest absolute Gasteiger partial charge is 0.387 e. The van der Waals surface area contributed by atoms with E-state index in [0.717, 1.165) is 28.0 Å². The molecule has 0 saturated heterocycles. The van der Waals surface area contributed by atoms with Crippen LogP contribution >= 0.6 is 0 Å². The SMILES string of the molecule is Cc1cc(C(=O)NCc2ccc(OC(F)F)cc2)cc(C)c1OCc1cccnc1. The van der Waals surface area contributed by atoms with Crippen LogP contribution in [0.1, 0.15) is 32.6 Å². The van der Waals surface area contributed by atoms with Crippen LogP contribution in [-0.2, 0) is 13.2 Å². The van der Waals surface area contributed by atoms with Crippen molar-refractivity contribution in [2.45, 2.75) is 33.6 Å². The second-order valence-electron chi connectivity index (χ2n) is 6.79. The first-order chi connectivity index (χ1) is 14.4. The average Bonchev–Trinajstić information content (AvgIpc) is 2.72. The monoisotopic (exact) mass is 412 g/mol. The van der Waals surface area contributed by atoms with Crippen LogP contribution in [0.5, 0.6) is 11.5 Å². The fourth-order valence-corrected chi connectivity index (χ4v) is 3.02. The Morgan fingerprint density at radius 2 is 1.77 bits per heavy atom. The zero-order valence-corrected chi connectivity index (χ0v) is 16.7. The van der Waals surface area contributed by atoms with Crippen LogP contribution in [0.15, 0.2) is 60.9 Å². The minimum atomic E-state index is -2.86. The minimum Gasteiger partial charge on any atom is -0.488 e. The molecule has 0 radical (unpaired) electrons. The number of carbonyl (C=O) groups excluding carboxylic acids is 1. The van der Waals surface area contributed by atoms with Gasteiger partial charge in [0, 0.05) is 30.1 Å². The number of hydrogen-bond donors (Lipinski definition) is 1. The number of alkyl halides is 2. The van der Waals surface area contributed by atoms with Crippen molar-refractivity contribution in [2.75, 3.05) is 0 Å². The van der Waals surface area contributed by atoms with Gasteiger partial charge in [-0.3, -0.25) is 9.78 Å². The fraction of sp³-hybridized carbons (Fsp3) is 0.217. The number of hydrogen-bond acceptors (Lipinski definition) is 4. The molecule has 1 amide bonds. The number of rotatable bonds is 8. The topological polar surface area (TPSA) is 60.5 Å². The second kappa shape index (κ2) is 9.82. The molecule has 3 aromatic rings. The van der Waals surface area contributed by atoms with Gasteiger partial charge in [-0.15, -0.1) is 0 Å². The number of nitrogens with zero attached hydrogens (tertiary/aromatic N) is 1. The summed E-state index contributed by atoms with van der Waals surface area (Å²) in [5, 5.41) is 2.83. The molecule has 1 aromatic heterocycles. The maximum absolute atomic E-state index is 12.5. The third kappa shape index (κ3) is 5.76. The number of amides is 1. The van der Waals surface area contributed by atoms with E-state index in [1.54, 1.807) is 36.7 Å². The van der Waals surface area contributed by atoms with Crippen LogP contribution in [0.2, 0.25) is 0 Å². The lowest BCUT2D eigenvalue weighted by Gasteiger charge is -2.14. The normalized spacial score (nSPS) is 10.7. The molecule has 0 aliphatic rings. The zero-order chi connectivity index (χ0) is 21.5. The van der Waals surface area contributed by atoms with Crippen molar-refractivity contribution in [3.05, 3.63) is 88.7 Å². The Bertz CT molecular complexity index is 970. The number of nitrogens with one attached hydrogen (secondary N) is 1. The molecule has 7 heteroatoms. The van der Waals surface area contributed by atoms with Gasteiger partial charge in [0.25, 0.3) is 5.91 Å². The average molecular weight is 412 g/mol. The van der Waals surface area contributed by atoms with Crippen LogP contribution in [0.4, 0.5) is 8.78 Å². The van der Waals surface area contributed by atoms with E-state index in [4.69, 9.17) is 4.74 Å². The molecule has 156 valence electrons. The molecule has 0 spiro atoms. The van der Waals surface area contributed by atoms with Crippen LogP contribution in [0.25, 0.3) is 0 Å². The Balaban J connectivity index is 1.60. The van der Waals surface area contributed by atoms with Crippen molar-refractivity contribution in [1.82, 2.24) is 10.3 Å². The van der Waals surface area contributed by atoms with E-state index in [2.05, 4.69) is 15.0 Å². The highest BCUT2D eigenvalue weighted by molar-refractivity contribution is 5.94. The van der Waals surface area contributed by atoms with Gasteiger partial charge in [-0.1, -0.05) is 18.2 Å². The molecule has 0 unspecified atom stereocenters. The minimum absolute atomic E-state index is 0.0770. The van der Waals surface area contributed by atoms with E-state index < -0.39 is 6.61 Å². The summed E-state index contributed by atoms with van der Waals surface area (Å²) in [5.41, 5.74) is 3.98. The molecule has 1 heterocycles. The van der Waals surface area contributed by atoms with Gasteiger partial charge in [-0.2, -0.15) is 8.78 Å². The van der Waals surface area contributed by atoms with Crippen molar-refractivity contribution in [3.63, 3.8) is 0 Å². The van der Waals surface area contributed by atoms with E-state index in [1.165, 1.54) is 12.1 Å². The molecule has 5 nitrogen and oxygen atoms in total. The summed E-state index contributed by atoms with van der Waals surface area (Å²) < 4.78 is 34.6. The second-order valence-corrected chi connectivity index (χ2v) is 6.79. The predicted octanol–water partition coefficient (Wildman–Crippen LogP) is 4.81. The van der Waals surface area contributed by atoms with E-state index in [1.807, 2.05) is 26.0 Å². The number of carbonyl (C=O) groups is 1. The van der Waals surface area contributed by atoms with E-state index in [-0.39, 0.29) is 18.2 Å². The standard InChI is InChI=1S/C23H22F2N2O3/c1-15-10-19(11-16(2)21(15)29-14-18-4-3-9-26-12-18)22(28)27-13-17-5-7-20(8-6-17)30-23(24)25/h3-12,23H,13-14H2,1-2H3,(H,27,28). The van der Waals surface area contributed by atoms with Crippen molar-refractivity contribution in [1.29, 1.82) is 0 Å². The largest absolute Gasteiger partial charge is 0.488 e. The van der Waals surface area contributed by atoms with Gasteiger partial charge < -0.3 is 14.8 Å². The van der Waals surface area contributed by atoms with Gasteiger partial charge in [0.1, 0.15) is 18.1 Å². The van der Waals surface area contributed by atoms with Crippen molar-refractivity contribution in [3.8, 4) is 11.5 Å². The molecular formula is C23H22F2N2O3. The molecule has 0 aliphatic heterocycles. The van der Waals surface area contributed by atoms with Crippen molar-refractivity contribution >= 4 is 5.91 Å². The zero-order valence-electron chi connectivity index (χ0n) is 16.7. The van der Waals surface area contributed by atoms with E-state index in [0.29, 0.717) is 12.2 Å². The van der Waals surface area contributed by atoms with Gasteiger partial charge in [0.05, 0.1) is 0 Å². The maximum atomic E-state index is 12.5. The van der Waals surface area contributed by atoms with Crippen molar-refractivity contribution in [2.24, 2.45) is 0 Å². The van der Waals surface area contributed by atoms with E-state index in [9.17, 15) is 13.6 Å². The molecular weight excluding hydrogens is 390 g/mol. The lowest BCUT2D eigenvalue weighted by atomic mass is 10.0. The predicted molar refractivity (Wildman–Crippen MR) is 109 cm³/mol. The Morgan fingerprint density at radius 3 is 2.37 bits per heavy atom. The number of benzene rings is 2. The van der Waals surface area contributed by atoms with Crippen LogP contribution in [0, 0.1) is 13.8 Å². The van der Waals surface area contributed by atoms with Crippen LogP contribution in [-0.4, -0.2) is 17.5 Å². The molecule has 0 aliphatic carbocycles. The van der Waals surface area contributed by atoms with Gasteiger partial charge in [-0.25, -0.2) is 0 Å². The number of ether oxygens (including phenoxy) is 2. The molecule has 0 fully saturated rings. The summed E-state index contributed by atoms with van der Waals surface area (Å²) in [6.45, 7) is 1.59. The quantitative estimate of drug-likeness (QED) is 0.577. The summed E-state index contributed by atoms with van der Waals surface area (Å²) in [6, 6.07) is 13.5. The lowest BCUT2D eigenvalue weighted by molar-refractivity contribution is -0.0498. The third-order valence-corrected chi connectivity index (χ3v) is 4.43. The first kappa shape index (κ1) is 21.2. The lowest BCUT2D eigenvalue weighted by Crippen LogP contribution is -2.23. The molecule has 0 atom stereocenters. The molecule has 3 rings (SSSR count). The summed E-state index contributed by atoms with van der Waals surface area (Å²) in [4.78, 5) is 16.6. The molecule has 30 heavy (non-hydrogen) atoms. The van der Waals surface area contributed by atoms with Gasteiger partial charge in [-0.05, 0) is 60.9 Å². The maximum Gasteiger partial charge on any atom is 0.387 e. The Kier molecular flexibility index (Phi) is 6.95. The van der Waals surface area contributed by atoms with E-state index >= 15 is 0 Å². The Hall–Kier alpha value is -3.48. The third-order valence-electron chi connectivity index (χ3n) is 4.43. The number of halogens is 2. The summed E-state index contributed by atoms with van der Waals surface area (Å²) in [7, 11) is 0. The van der Waals surface area contributed by atoms with Crippen molar-refractivity contribution < 1.29 is 23.0 Å². The van der Waals surface area contributed by atoms with Gasteiger partial charge in [0.2, 0.25) is 0 Å². The molecule has 2 aromatic carbocycles. The highest BCUT2D eigenvalue weighted by Gasteiger charge is 2.12. The molecule has 0 saturated carbocycles. The fourth-order valence-electron chi connectivity index (χ4n) is 3.02. The number of aryl methyl sites for hydroxylation is 2. The molecule has 1 N–H and O–H groups in total. The number of aromatic nitrogens is 1. The van der Waals surface area contributed by atoms with Gasteiger partial charge >= 0.3 is 6.61 Å². The first-order valence-corrected chi connectivity index (χ1v) is 9.37. The Labute approximate surface area is 173 Å². The first-order valence-electron chi connectivity index (χ1n) is 9.37. The van der Waals surface area contributed by atoms with Crippen LogP contribution in [0.3, 0.4) is 0 Å². The summed E-state index contributed by atoms with van der Waals surface area (Å²) >= 11 is 0. The number of pyridine rings is 1. The van der Waals surface area contributed by atoms with Gasteiger partial charge in [0.15, 0.2) is 0 Å². The highest BCUT2D eigenvalue weighted by atomic mass is 19.3. The summed E-state index contributed by atoms with van der Waals surface area (Å²) in [6.07, 6.45) is 3.46. The summed E-state index contributed by atoms with van der Waals surface area (Å²) in [5.74, 6) is 0.589. The highest BCUT2D eigenvalue weighted by Crippen LogP contribution is 2.26. The molecule has 0 bridgehead atoms.